The van der Waals surface area contributed by atoms with Gasteiger partial charge in [-0.3, -0.25) is 4.90 Å². The molecule has 0 bridgehead atoms. The number of methoxy groups -OCH3 is 1. The molecule has 0 aliphatic carbocycles. The lowest BCUT2D eigenvalue weighted by Crippen LogP contribution is -2.31. The minimum atomic E-state index is -0.672. The van der Waals surface area contributed by atoms with Gasteiger partial charge in [0.2, 0.25) is 0 Å². The minimum Gasteiger partial charge on any atom is -0.387 e. The number of hydrogen-bond donors (Lipinski definition) is 1. The van der Waals surface area contributed by atoms with Crippen molar-refractivity contribution in [1.82, 2.24) is 4.90 Å². The van der Waals surface area contributed by atoms with Gasteiger partial charge in [0.25, 0.3) is 0 Å². The second kappa shape index (κ2) is 9.41. The van der Waals surface area contributed by atoms with E-state index >= 15 is 0 Å². The predicted octanol–water partition coefficient (Wildman–Crippen LogP) is 3.39. The molecule has 0 aliphatic heterocycles. The molecule has 0 aromatic heterocycles. The molecule has 4 nitrogen and oxygen atoms in total. The van der Waals surface area contributed by atoms with Gasteiger partial charge < -0.3 is 9.84 Å². The Morgan fingerprint density at radius 3 is 2.54 bits per heavy atom. The predicted molar refractivity (Wildman–Crippen MR) is 94.7 cm³/mol. The number of nitriles is 1. The standard InChI is InChI=1S/C19H21ClN2O2/c1-24-11-10-22(13-16-8-6-15(12-21)7-9-16)14-19(23)17-4-2-3-5-18(17)20/h2-9,19,23H,10-11,13-14H2,1H3. The van der Waals surface area contributed by atoms with E-state index in [-0.39, 0.29) is 0 Å². The maximum atomic E-state index is 10.5. The molecular weight excluding hydrogens is 324 g/mol. The van der Waals surface area contributed by atoms with Gasteiger partial charge in [-0.1, -0.05) is 41.9 Å². The zero-order valence-corrected chi connectivity index (χ0v) is 14.4. The first kappa shape index (κ1) is 18.4. The van der Waals surface area contributed by atoms with Crippen LogP contribution in [-0.2, 0) is 11.3 Å². The monoisotopic (exact) mass is 344 g/mol. The summed E-state index contributed by atoms with van der Waals surface area (Å²) in [5.74, 6) is 0. The molecule has 5 heteroatoms. The lowest BCUT2D eigenvalue weighted by molar-refractivity contribution is 0.0850. The molecule has 1 unspecified atom stereocenters. The molecule has 0 aliphatic rings. The Kier molecular flexibility index (Phi) is 7.23. The highest BCUT2D eigenvalue weighted by Crippen LogP contribution is 2.23. The zero-order chi connectivity index (χ0) is 17.4. The lowest BCUT2D eigenvalue weighted by atomic mass is 10.1. The third kappa shape index (κ3) is 5.33. The number of hydrogen-bond acceptors (Lipinski definition) is 4. The minimum absolute atomic E-state index is 0.451. The van der Waals surface area contributed by atoms with E-state index < -0.39 is 6.10 Å². The molecule has 0 amide bonds. The van der Waals surface area contributed by atoms with Gasteiger partial charge in [0.05, 0.1) is 24.3 Å². The smallest absolute Gasteiger partial charge is 0.0991 e. The van der Waals surface area contributed by atoms with E-state index in [4.69, 9.17) is 21.6 Å². The third-order valence-electron chi connectivity index (χ3n) is 3.80. The average molecular weight is 345 g/mol. The van der Waals surface area contributed by atoms with E-state index in [0.717, 1.165) is 11.1 Å². The molecule has 126 valence electrons. The molecule has 2 aromatic rings. The first-order valence-corrected chi connectivity index (χ1v) is 8.14. The number of halogens is 1. The lowest BCUT2D eigenvalue weighted by Gasteiger charge is -2.25. The molecule has 0 heterocycles. The van der Waals surface area contributed by atoms with Gasteiger partial charge in [-0.15, -0.1) is 0 Å². The number of ether oxygens (including phenoxy) is 1. The Morgan fingerprint density at radius 2 is 1.92 bits per heavy atom. The maximum absolute atomic E-state index is 10.5. The van der Waals surface area contributed by atoms with E-state index in [9.17, 15) is 5.11 Å². The Balaban J connectivity index is 2.06. The van der Waals surface area contributed by atoms with E-state index in [1.54, 1.807) is 25.3 Å². The Hall–Kier alpha value is -1.90. The summed E-state index contributed by atoms with van der Waals surface area (Å²) < 4.78 is 5.17. The highest BCUT2D eigenvalue weighted by atomic mass is 35.5. The normalized spacial score (nSPS) is 12.1. The number of rotatable bonds is 8. The van der Waals surface area contributed by atoms with Crippen LogP contribution in [-0.4, -0.2) is 36.8 Å². The molecule has 0 saturated carbocycles. The molecule has 0 saturated heterocycles. The first-order valence-electron chi connectivity index (χ1n) is 7.77. The van der Waals surface area contributed by atoms with Crippen LogP contribution in [0.3, 0.4) is 0 Å². The second-order valence-corrected chi connectivity index (χ2v) is 5.98. The molecule has 2 rings (SSSR count). The van der Waals surface area contributed by atoms with Crippen molar-refractivity contribution in [1.29, 1.82) is 5.26 Å². The highest BCUT2D eigenvalue weighted by molar-refractivity contribution is 6.31. The average Bonchev–Trinajstić information content (AvgIpc) is 2.60. The van der Waals surface area contributed by atoms with Gasteiger partial charge in [-0.05, 0) is 23.8 Å². The summed E-state index contributed by atoms with van der Waals surface area (Å²) in [6.45, 7) is 2.38. The van der Waals surface area contributed by atoms with Gasteiger partial charge in [-0.25, -0.2) is 0 Å². The number of benzene rings is 2. The molecule has 1 atom stereocenters. The summed E-state index contributed by atoms with van der Waals surface area (Å²) in [6.07, 6.45) is -0.672. The van der Waals surface area contributed by atoms with Crippen LogP contribution in [0, 0.1) is 11.3 Å². The van der Waals surface area contributed by atoms with Crippen molar-refractivity contribution in [2.45, 2.75) is 12.6 Å². The van der Waals surface area contributed by atoms with Gasteiger partial charge in [0.1, 0.15) is 0 Å². The van der Waals surface area contributed by atoms with Gasteiger partial charge in [0.15, 0.2) is 0 Å². The van der Waals surface area contributed by atoms with Crippen LogP contribution in [0.5, 0.6) is 0 Å². The molecule has 0 fully saturated rings. The molecule has 1 N–H and O–H groups in total. The summed E-state index contributed by atoms with van der Waals surface area (Å²) in [5, 5.41) is 20.0. The second-order valence-electron chi connectivity index (χ2n) is 5.57. The molecule has 0 radical (unpaired) electrons. The molecule has 0 spiro atoms. The van der Waals surface area contributed by atoms with Crippen molar-refractivity contribution in [2.24, 2.45) is 0 Å². The van der Waals surface area contributed by atoms with E-state index in [2.05, 4.69) is 11.0 Å². The Bertz CT molecular complexity index is 683. The van der Waals surface area contributed by atoms with Crippen molar-refractivity contribution in [3.63, 3.8) is 0 Å². The summed E-state index contributed by atoms with van der Waals surface area (Å²) in [6, 6.07) is 16.9. The SMILES string of the molecule is COCCN(Cc1ccc(C#N)cc1)CC(O)c1ccccc1Cl. The number of aliphatic hydroxyl groups excluding tert-OH is 1. The van der Waals surface area contributed by atoms with Gasteiger partial charge >= 0.3 is 0 Å². The van der Waals surface area contributed by atoms with E-state index in [1.165, 1.54) is 0 Å². The Labute approximate surface area is 147 Å². The van der Waals surface area contributed by atoms with E-state index in [0.29, 0.717) is 36.8 Å². The van der Waals surface area contributed by atoms with Crippen LogP contribution in [0.4, 0.5) is 0 Å². The highest BCUT2D eigenvalue weighted by Gasteiger charge is 2.16. The largest absolute Gasteiger partial charge is 0.387 e. The summed E-state index contributed by atoms with van der Waals surface area (Å²) >= 11 is 6.17. The maximum Gasteiger partial charge on any atom is 0.0991 e. The van der Waals surface area contributed by atoms with Gasteiger partial charge in [0, 0.05) is 37.3 Å². The molecular formula is C19H21ClN2O2. The third-order valence-corrected chi connectivity index (χ3v) is 4.14. The number of nitrogens with zero attached hydrogens (tertiary/aromatic N) is 2. The zero-order valence-electron chi connectivity index (χ0n) is 13.7. The van der Waals surface area contributed by atoms with Crippen LogP contribution >= 0.6 is 11.6 Å². The van der Waals surface area contributed by atoms with Crippen LogP contribution in [0.25, 0.3) is 0 Å². The van der Waals surface area contributed by atoms with Crippen molar-refractivity contribution in [3.05, 3.63) is 70.2 Å². The summed E-state index contributed by atoms with van der Waals surface area (Å²) in [7, 11) is 1.66. The van der Waals surface area contributed by atoms with Crippen molar-refractivity contribution in [3.8, 4) is 6.07 Å². The van der Waals surface area contributed by atoms with Crippen molar-refractivity contribution < 1.29 is 9.84 Å². The quantitative estimate of drug-likeness (QED) is 0.797. The van der Waals surface area contributed by atoms with Crippen LogP contribution in [0.2, 0.25) is 5.02 Å². The molecule has 24 heavy (non-hydrogen) atoms. The van der Waals surface area contributed by atoms with Crippen LogP contribution in [0.15, 0.2) is 48.5 Å². The van der Waals surface area contributed by atoms with Crippen molar-refractivity contribution >= 4 is 11.6 Å². The fourth-order valence-corrected chi connectivity index (χ4v) is 2.75. The molecule has 2 aromatic carbocycles. The number of aliphatic hydroxyl groups is 1. The summed E-state index contributed by atoms with van der Waals surface area (Å²) in [5.41, 5.74) is 2.44. The topological polar surface area (TPSA) is 56.5 Å². The van der Waals surface area contributed by atoms with Crippen LogP contribution in [0.1, 0.15) is 22.8 Å². The van der Waals surface area contributed by atoms with Gasteiger partial charge in [-0.2, -0.15) is 5.26 Å². The van der Waals surface area contributed by atoms with Crippen molar-refractivity contribution in [2.75, 3.05) is 26.8 Å². The fraction of sp³-hybridized carbons (Fsp3) is 0.316. The summed E-state index contributed by atoms with van der Waals surface area (Å²) in [4.78, 5) is 2.11. The van der Waals surface area contributed by atoms with Crippen LogP contribution < -0.4 is 0 Å². The Morgan fingerprint density at radius 1 is 1.21 bits per heavy atom. The van der Waals surface area contributed by atoms with E-state index in [1.807, 2.05) is 30.3 Å². The first-order chi connectivity index (χ1) is 11.6. The fourth-order valence-electron chi connectivity index (χ4n) is 2.49.